The van der Waals surface area contributed by atoms with Crippen molar-refractivity contribution >= 4 is 22.4 Å². The normalized spacial score (nSPS) is 11.8. The Morgan fingerprint density at radius 2 is 2.00 bits per heavy atom. The first-order valence-corrected chi connectivity index (χ1v) is 9.33. The SMILES string of the molecule is C[S@@](=O)Cc1cccc(NC(=O)CCCOc2ccccc2F)c1. The van der Waals surface area contributed by atoms with E-state index in [0.717, 1.165) is 5.56 Å². The van der Waals surface area contributed by atoms with Crippen LogP contribution in [0.5, 0.6) is 5.75 Å². The summed E-state index contributed by atoms with van der Waals surface area (Å²) < 4.78 is 29.9. The monoisotopic (exact) mass is 349 g/mol. The Hall–Kier alpha value is -2.21. The van der Waals surface area contributed by atoms with Gasteiger partial charge < -0.3 is 10.1 Å². The Morgan fingerprint density at radius 1 is 1.21 bits per heavy atom. The first kappa shape index (κ1) is 18.1. The molecule has 128 valence electrons. The highest BCUT2D eigenvalue weighted by atomic mass is 32.2. The number of rotatable bonds is 8. The predicted octanol–water partition coefficient (Wildman–Crippen LogP) is 3.50. The summed E-state index contributed by atoms with van der Waals surface area (Å²) in [4.78, 5) is 11.9. The number of carbonyl (C=O) groups is 1. The van der Waals surface area contributed by atoms with E-state index in [9.17, 15) is 13.4 Å². The van der Waals surface area contributed by atoms with E-state index in [4.69, 9.17) is 4.74 Å². The summed E-state index contributed by atoms with van der Waals surface area (Å²) in [5, 5.41) is 2.80. The van der Waals surface area contributed by atoms with Crippen molar-refractivity contribution < 1.29 is 18.1 Å². The Kier molecular flexibility index (Phi) is 6.93. The Labute approximate surface area is 143 Å². The standard InChI is InChI=1S/C18H20FNO3S/c1-24(22)13-14-6-4-7-15(12-14)20-18(21)10-5-11-23-17-9-3-2-8-16(17)19/h2-4,6-9,12H,5,10-11,13H2,1H3,(H,20,21)/t24-/m1/s1. The third-order valence-corrected chi connectivity index (χ3v) is 3.96. The van der Waals surface area contributed by atoms with Gasteiger partial charge in [0.15, 0.2) is 11.6 Å². The largest absolute Gasteiger partial charge is 0.491 e. The summed E-state index contributed by atoms with van der Waals surface area (Å²) in [6, 6.07) is 13.5. The van der Waals surface area contributed by atoms with Crippen molar-refractivity contribution in [3.05, 3.63) is 59.9 Å². The molecule has 6 heteroatoms. The smallest absolute Gasteiger partial charge is 0.224 e. The van der Waals surface area contributed by atoms with Crippen LogP contribution in [-0.2, 0) is 21.3 Å². The lowest BCUT2D eigenvalue weighted by Crippen LogP contribution is -2.13. The molecular weight excluding hydrogens is 329 g/mol. The molecule has 0 heterocycles. The lowest BCUT2D eigenvalue weighted by atomic mass is 10.2. The lowest BCUT2D eigenvalue weighted by molar-refractivity contribution is -0.116. The summed E-state index contributed by atoms with van der Waals surface area (Å²) in [6.45, 7) is 0.267. The second kappa shape index (κ2) is 9.17. The molecule has 0 bridgehead atoms. The van der Waals surface area contributed by atoms with Gasteiger partial charge in [0.05, 0.1) is 6.61 Å². The fourth-order valence-electron chi connectivity index (χ4n) is 2.17. The molecule has 1 N–H and O–H groups in total. The van der Waals surface area contributed by atoms with Gasteiger partial charge in [-0.05, 0) is 36.2 Å². The molecule has 0 aliphatic rings. The van der Waals surface area contributed by atoms with E-state index < -0.39 is 16.6 Å². The van der Waals surface area contributed by atoms with Gasteiger partial charge in [-0.1, -0.05) is 24.3 Å². The first-order valence-electron chi connectivity index (χ1n) is 7.61. The number of benzene rings is 2. The molecular formula is C18H20FNO3S. The molecule has 0 radical (unpaired) electrons. The van der Waals surface area contributed by atoms with Gasteiger partial charge in [-0.3, -0.25) is 9.00 Å². The van der Waals surface area contributed by atoms with Gasteiger partial charge in [0.2, 0.25) is 5.91 Å². The van der Waals surface area contributed by atoms with Crippen LogP contribution in [0.15, 0.2) is 48.5 Å². The second-order valence-electron chi connectivity index (χ2n) is 5.35. The minimum Gasteiger partial charge on any atom is -0.491 e. The highest BCUT2D eigenvalue weighted by Crippen LogP contribution is 2.16. The second-order valence-corrected chi connectivity index (χ2v) is 6.78. The van der Waals surface area contributed by atoms with Crippen LogP contribution < -0.4 is 10.1 Å². The maximum Gasteiger partial charge on any atom is 0.224 e. The zero-order valence-electron chi connectivity index (χ0n) is 13.5. The van der Waals surface area contributed by atoms with Crippen molar-refractivity contribution in [3.8, 4) is 5.75 Å². The van der Waals surface area contributed by atoms with Crippen LogP contribution in [0.25, 0.3) is 0 Å². The quantitative estimate of drug-likeness (QED) is 0.742. The Morgan fingerprint density at radius 3 is 2.75 bits per heavy atom. The highest BCUT2D eigenvalue weighted by molar-refractivity contribution is 7.83. The Balaban J connectivity index is 1.75. The van der Waals surface area contributed by atoms with Gasteiger partial charge in [-0.15, -0.1) is 0 Å². The van der Waals surface area contributed by atoms with E-state index in [1.165, 1.54) is 6.07 Å². The molecule has 0 saturated heterocycles. The number of anilines is 1. The predicted molar refractivity (Wildman–Crippen MR) is 94.0 cm³/mol. The number of para-hydroxylation sites is 1. The van der Waals surface area contributed by atoms with Crippen LogP contribution >= 0.6 is 0 Å². The summed E-state index contributed by atoms with van der Waals surface area (Å²) >= 11 is 0. The highest BCUT2D eigenvalue weighted by Gasteiger charge is 2.05. The molecule has 0 saturated carbocycles. The van der Waals surface area contributed by atoms with E-state index in [2.05, 4.69) is 5.32 Å². The molecule has 0 unspecified atom stereocenters. The topological polar surface area (TPSA) is 55.4 Å². The third-order valence-electron chi connectivity index (χ3n) is 3.22. The van der Waals surface area contributed by atoms with E-state index >= 15 is 0 Å². The van der Waals surface area contributed by atoms with Crippen molar-refractivity contribution in [3.63, 3.8) is 0 Å². The van der Waals surface area contributed by atoms with Crippen molar-refractivity contribution in [2.24, 2.45) is 0 Å². The maximum atomic E-state index is 13.4. The molecule has 0 aliphatic carbocycles. The third kappa shape index (κ3) is 6.12. The zero-order chi connectivity index (χ0) is 17.4. The molecule has 0 spiro atoms. The number of amides is 1. The van der Waals surface area contributed by atoms with E-state index in [-0.39, 0.29) is 24.7 Å². The van der Waals surface area contributed by atoms with E-state index in [0.29, 0.717) is 17.9 Å². The number of carbonyl (C=O) groups excluding carboxylic acids is 1. The van der Waals surface area contributed by atoms with E-state index in [1.54, 1.807) is 30.5 Å². The lowest BCUT2D eigenvalue weighted by Gasteiger charge is -2.08. The molecule has 2 aromatic rings. The van der Waals surface area contributed by atoms with Crippen molar-refractivity contribution in [2.75, 3.05) is 18.2 Å². The number of ether oxygens (including phenoxy) is 1. The van der Waals surface area contributed by atoms with Crippen LogP contribution in [0.1, 0.15) is 18.4 Å². The van der Waals surface area contributed by atoms with Crippen LogP contribution in [-0.4, -0.2) is 23.0 Å². The average molecular weight is 349 g/mol. The van der Waals surface area contributed by atoms with Gasteiger partial charge in [0.1, 0.15) is 0 Å². The first-order chi connectivity index (χ1) is 11.5. The molecule has 4 nitrogen and oxygen atoms in total. The molecule has 0 aromatic heterocycles. The van der Waals surface area contributed by atoms with E-state index in [1.807, 2.05) is 18.2 Å². The van der Waals surface area contributed by atoms with Gasteiger partial charge in [0.25, 0.3) is 0 Å². The summed E-state index contributed by atoms with van der Waals surface area (Å²) in [6.07, 6.45) is 2.40. The summed E-state index contributed by atoms with van der Waals surface area (Å²) in [7, 11) is -0.924. The van der Waals surface area contributed by atoms with Crippen molar-refractivity contribution in [1.82, 2.24) is 0 Å². The number of hydrogen-bond acceptors (Lipinski definition) is 3. The van der Waals surface area contributed by atoms with Crippen LogP contribution in [0.3, 0.4) is 0 Å². The van der Waals surface area contributed by atoms with Gasteiger partial charge in [-0.25, -0.2) is 4.39 Å². The van der Waals surface area contributed by atoms with Gasteiger partial charge in [-0.2, -0.15) is 0 Å². The van der Waals surface area contributed by atoms with Crippen molar-refractivity contribution in [2.45, 2.75) is 18.6 Å². The van der Waals surface area contributed by atoms with Crippen LogP contribution in [0, 0.1) is 5.82 Å². The Bertz CT molecular complexity index is 721. The number of halogens is 1. The molecule has 2 aromatic carbocycles. The van der Waals surface area contributed by atoms with Gasteiger partial charge in [0, 0.05) is 34.9 Å². The number of hydrogen-bond donors (Lipinski definition) is 1. The van der Waals surface area contributed by atoms with Crippen LogP contribution in [0.2, 0.25) is 0 Å². The zero-order valence-corrected chi connectivity index (χ0v) is 14.3. The summed E-state index contributed by atoms with van der Waals surface area (Å²) in [5.41, 5.74) is 1.59. The minimum absolute atomic E-state index is 0.137. The van der Waals surface area contributed by atoms with Crippen LogP contribution in [0.4, 0.5) is 10.1 Å². The van der Waals surface area contributed by atoms with Gasteiger partial charge >= 0.3 is 0 Å². The molecule has 2 rings (SSSR count). The maximum absolute atomic E-state index is 13.4. The average Bonchev–Trinajstić information content (AvgIpc) is 2.53. The fourth-order valence-corrected chi connectivity index (χ4v) is 2.82. The minimum atomic E-state index is -0.924. The molecule has 0 fully saturated rings. The molecule has 24 heavy (non-hydrogen) atoms. The number of nitrogens with one attached hydrogen (secondary N) is 1. The van der Waals surface area contributed by atoms with Crippen molar-refractivity contribution in [1.29, 1.82) is 0 Å². The molecule has 1 atom stereocenters. The summed E-state index contributed by atoms with van der Waals surface area (Å²) in [5.74, 6) is 0.104. The fraction of sp³-hybridized carbons (Fsp3) is 0.278. The molecule has 1 amide bonds. The molecule has 0 aliphatic heterocycles.